The molecule has 0 aliphatic carbocycles. The number of ether oxygens (including phenoxy) is 1. The fraction of sp³-hybridized carbons (Fsp3) is 0.364. The Labute approximate surface area is 101 Å². The topological polar surface area (TPSA) is 80.7 Å². The van der Waals surface area contributed by atoms with Gasteiger partial charge in [0.15, 0.2) is 9.84 Å². The van der Waals surface area contributed by atoms with E-state index in [-0.39, 0.29) is 16.2 Å². The Bertz CT molecular complexity index is 491. The van der Waals surface area contributed by atoms with Gasteiger partial charge < -0.3 is 9.84 Å². The third-order valence-electron chi connectivity index (χ3n) is 1.83. The molecule has 0 bridgehead atoms. The molecule has 1 aromatic rings. The first-order chi connectivity index (χ1) is 7.86. The Kier molecular flexibility index (Phi) is 5.67. The van der Waals surface area contributed by atoms with Crippen LogP contribution in [0.2, 0.25) is 0 Å². The zero-order valence-corrected chi connectivity index (χ0v) is 11.0. The normalized spacial score (nSPS) is 10.1. The first kappa shape index (κ1) is 15.4. The van der Waals surface area contributed by atoms with Crippen molar-refractivity contribution in [3.05, 3.63) is 23.8 Å². The smallest absolute Gasteiger partial charge is 0.339 e. The van der Waals surface area contributed by atoms with Gasteiger partial charge in [-0.15, -0.1) is 0 Å². The van der Waals surface area contributed by atoms with Gasteiger partial charge in [0.1, 0.15) is 11.3 Å². The number of methoxy groups -OCH3 is 1. The predicted molar refractivity (Wildman–Crippen MR) is 64.4 cm³/mol. The summed E-state index contributed by atoms with van der Waals surface area (Å²) in [7, 11) is -2.08. The molecule has 1 rings (SSSR count). The third-order valence-corrected chi connectivity index (χ3v) is 2.94. The number of aromatic carboxylic acids is 1. The number of carboxylic acids is 1. The van der Waals surface area contributed by atoms with Crippen LogP contribution in [0.15, 0.2) is 23.1 Å². The lowest BCUT2D eigenvalue weighted by molar-refractivity contribution is 0.0693. The maximum absolute atomic E-state index is 11.2. The quantitative estimate of drug-likeness (QED) is 0.896. The zero-order chi connectivity index (χ0) is 13.6. The van der Waals surface area contributed by atoms with Crippen LogP contribution in [-0.2, 0) is 9.84 Å². The average molecular weight is 260 g/mol. The highest BCUT2D eigenvalue weighted by Gasteiger charge is 2.15. The summed E-state index contributed by atoms with van der Waals surface area (Å²) in [6.07, 6.45) is 1.01. The second-order valence-corrected chi connectivity index (χ2v) is 4.96. The van der Waals surface area contributed by atoms with Crippen molar-refractivity contribution >= 4 is 15.8 Å². The fourth-order valence-corrected chi connectivity index (χ4v) is 1.73. The summed E-state index contributed by atoms with van der Waals surface area (Å²) in [5.41, 5.74) is -0.166. The van der Waals surface area contributed by atoms with Crippen LogP contribution >= 0.6 is 0 Å². The van der Waals surface area contributed by atoms with Crippen molar-refractivity contribution in [2.24, 2.45) is 0 Å². The first-order valence-electron chi connectivity index (χ1n) is 4.97. The molecule has 5 nitrogen and oxygen atoms in total. The summed E-state index contributed by atoms with van der Waals surface area (Å²) in [6, 6.07) is 3.71. The minimum atomic E-state index is -3.40. The molecule has 0 spiro atoms. The number of carbonyl (C=O) groups is 1. The van der Waals surface area contributed by atoms with Crippen LogP contribution in [0, 0.1) is 0 Å². The maximum atomic E-state index is 11.2. The molecule has 0 aromatic heterocycles. The Hall–Kier alpha value is -1.56. The summed E-state index contributed by atoms with van der Waals surface area (Å²) < 4.78 is 27.1. The van der Waals surface area contributed by atoms with E-state index in [1.165, 1.54) is 19.2 Å². The third kappa shape index (κ3) is 4.07. The molecular weight excluding hydrogens is 244 g/mol. The van der Waals surface area contributed by atoms with Gasteiger partial charge in [0.05, 0.1) is 12.0 Å². The van der Waals surface area contributed by atoms with E-state index < -0.39 is 15.8 Å². The summed E-state index contributed by atoms with van der Waals surface area (Å²) in [5, 5.41) is 8.81. The second kappa shape index (κ2) is 6.24. The van der Waals surface area contributed by atoms with Crippen molar-refractivity contribution in [2.45, 2.75) is 18.7 Å². The van der Waals surface area contributed by atoms with Gasteiger partial charge in [-0.05, 0) is 18.2 Å². The molecule has 0 saturated heterocycles. The maximum Gasteiger partial charge on any atom is 0.339 e. The lowest BCUT2D eigenvalue weighted by Crippen LogP contribution is -2.04. The van der Waals surface area contributed by atoms with Crippen molar-refractivity contribution in [1.82, 2.24) is 0 Å². The molecule has 0 amide bonds. The van der Waals surface area contributed by atoms with Gasteiger partial charge in [-0.25, -0.2) is 13.2 Å². The Balaban J connectivity index is 0.00000121. The van der Waals surface area contributed by atoms with Crippen molar-refractivity contribution in [3.63, 3.8) is 0 Å². The number of rotatable bonds is 3. The molecule has 0 saturated carbocycles. The van der Waals surface area contributed by atoms with E-state index in [0.29, 0.717) is 0 Å². The lowest BCUT2D eigenvalue weighted by atomic mass is 10.2. The van der Waals surface area contributed by atoms with Crippen LogP contribution in [0.5, 0.6) is 5.75 Å². The molecule has 0 heterocycles. The van der Waals surface area contributed by atoms with Crippen LogP contribution < -0.4 is 4.74 Å². The summed E-state index contributed by atoms with van der Waals surface area (Å²) in [4.78, 5) is 10.7. The molecule has 17 heavy (non-hydrogen) atoms. The molecule has 0 atom stereocenters. The first-order valence-corrected chi connectivity index (χ1v) is 6.87. The molecule has 0 aliphatic rings. The average Bonchev–Trinajstić information content (AvgIpc) is 2.29. The van der Waals surface area contributed by atoms with E-state index in [0.717, 1.165) is 12.3 Å². The molecule has 0 unspecified atom stereocenters. The van der Waals surface area contributed by atoms with E-state index in [2.05, 4.69) is 0 Å². The van der Waals surface area contributed by atoms with Gasteiger partial charge in [-0.3, -0.25) is 0 Å². The molecule has 6 heteroatoms. The minimum Gasteiger partial charge on any atom is -0.496 e. The molecular formula is C11H16O5S. The molecule has 0 aliphatic heterocycles. The molecule has 1 aromatic carbocycles. The predicted octanol–water partition coefficient (Wildman–Crippen LogP) is 1.82. The molecule has 96 valence electrons. The van der Waals surface area contributed by atoms with Gasteiger partial charge in [0.25, 0.3) is 0 Å². The lowest BCUT2D eigenvalue weighted by Gasteiger charge is -2.06. The standard InChI is InChI=1S/C9H10O5S.C2H6/c1-14-8-4-3-6(15(2,12)13)5-7(8)9(10)11;1-2/h3-5H,1-2H3,(H,10,11);1-2H3. The SMILES string of the molecule is CC.COc1ccc(S(C)(=O)=O)cc1C(=O)O. The monoisotopic (exact) mass is 260 g/mol. The highest BCUT2D eigenvalue weighted by Crippen LogP contribution is 2.22. The fourth-order valence-electron chi connectivity index (χ4n) is 1.08. The van der Waals surface area contributed by atoms with Crippen LogP contribution in [0.1, 0.15) is 24.2 Å². The van der Waals surface area contributed by atoms with Crippen LogP contribution in [-0.4, -0.2) is 32.9 Å². The zero-order valence-electron chi connectivity index (χ0n) is 10.2. The largest absolute Gasteiger partial charge is 0.496 e. The van der Waals surface area contributed by atoms with E-state index >= 15 is 0 Å². The van der Waals surface area contributed by atoms with Crippen molar-refractivity contribution < 1.29 is 23.1 Å². The van der Waals surface area contributed by atoms with Crippen molar-refractivity contribution in [2.75, 3.05) is 13.4 Å². The highest BCUT2D eigenvalue weighted by molar-refractivity contribution is 7.90. The van der Waals surface area contributed by atoms with E-state index in [1.807, 2.05) is 13.8 Å². The van der Waals surface area contributed by atoms with E-state index in [4.69, 9.17) is 9.84 Å². The van der Waals surface area contributed by atoms with Gasteiger partial charge >= 0.3 is 5.97 Å². The second-order valence-electron chi connectivity index (χ2n) is 2.94. The van der Waals surface area contributed by atoms with Crippen molar-refractivity contribution in [3.8, 4) is 5.75 Å². The van der Waals surface area contributed by atoms with Crippen LogP contribution in [0.4, 0.5) is 0 Å². The van der Waals surface area contributed by atoms with Crippen LogP contribution in [0.3, 0.4) is 0 Å². The number of benzene rings is 1. The molecule has 1 N–H and O–H groups in total. The molecule has 0 radical (unpaired) electrons. The minimum absolute atomic E-state index is 0.0410. The van der Waals surface area contributed by atoms with Gasteiger partial charge in [-0.2, -0.15) is 0 Å². The summed E-state index contributed by atoms with van der Waals surface area (Å²) in [6.45, 7) is 4.00. The van der Waals surface area contributed by atoms with Gasteiger partial charge in [0, 0.05) is 6.26 Å². The summed E-state index contributed by atoms with van der Waals surface area (Å²) in [5.74, 6) is -1.09. The van der Waals surface area contributed by atoms with Gasteiger partial charge in [0.2, 0.25) is 0 Å². The van der Waals surface area contributed by atoms with Gasteiger partial charge in [-0.1, -0.05) is 13.8 Å². The number of hydrogen-bond acceptors (Lipinski definition) is 4. The van der Waals surface area contributed by atoms with E-state index in [9.17, 15) is 13.2 Å². The summed E-state index contributed by atoms with van der Waals surface area (Å²) >= 11 is 0. The van der Waals surface area contributed by atoms with E-state index in [1.54, 1.807) is 0 Å². The highest BCUT2D eigenvalue weighted by atomic mass is 32.2. The van der Waals surface area contributed by atoms with Crippen LogP contribution in [0.25, 0.3) is 0 Å². The Morgan fingerprint density at radius 1 is 1.29 bits per heavy atom. The van der Waals surface area contributed by atoms with Crippen molar-refractivity contribution in [1.29, 1.82) is 0 Å². The number of carboxylic acid groups (broad SMARTS) is 1. The number of hydrogen-bond donors (Lipinski definition) is 1. The number of sulfone groups is 1. The Morgan fingerprint density at radius 3 is 2.18 bits per heavy atom. The molecule has 0 fully saturated rings. The Morgan fingerprint density at radius 2 is 1.82 bits per heavy atom.